The summed E-state index contributed by atoms with van der Waals surface area (Å²) in [5.74, 6) is 1.73. The first-order valence-corrected chi connectivity index (χ1v) is 8.38. The minimum atomic E-state index is 0.103. The number of hydrogen-bond acceptors (Lipinski definition) is 3. The lowest BCUT2D eigenvalue weighted by Crippen LogP contribution is -2.17. The van der Waals surface area contributed by atoms with E-state index in [2.05, 4.69) is 41.7 Å². The van der Waals surface area contributed by atoms with Gasteiger partial charge in [0.05, 0.1) is 13.2 Å². The molecule has 0 amide bonds. The molecule has 0 heterocycles. The summed E-state index contributed by atoms with van der Waals surface area (Å²) in [6.45, 7) is 0.567. The number of methoxy groups -OCH3 is 1. The molecular formula is C22H23NO2. The van der Waals surface area contributed by atoms with E-state index in [1.54, 1.807) is 7.11 Å². The highest BCUT2D eigenvalue weighted by Crippen LogP contribution is 2.26. The fraction of sp³-hybridized carbons (Fsp3) is 0.182. The van der Waals surface area contributed by atoms with Gasteiger partial charge in [-0.25, -0.2) is 0 Å². The largest absolute Gasteiger partial charge is 0.497 e. The minimum Gasteiger partial charge on any atom is -0.497 e. The van der Waals surface area contributed by atoms with Gasteiger partial charge in [0, 0.05) is 0 Å². The Kier molecular flexibility index (Phi) is 5.70. The highest BCUT2D eigenvalue weighted by atomic mass is 16.5. The smallest absolute Gasteiger partial charge is 0.120 e. The van der Waals surface area contributed by atoms with Crippen molar-refractivity contribution in [3.63, 3.8) is 0 Å². The molecule has 3 heteroatoms. The Morgan fingerprint density at radius 3 is 2.24 bits per heavy atom. The van der Waals surface area contributed by atoms with Crippen LogP contribution in [-0.2, 0) is 6.61 Å². The van der Waals surface area contributed by atoms with E-state index in [0.29, 0.717) is 6.61 Å². The van der Waals surface area contributed by atoms with Crippen LogP contribution in [0.15, 0.2) is 78.9 Å². The van der Waals surface area contributed by atoms with Crippen LogP contribution >= 0.6 is 0 Å². The van der Waals surface area contributed by atoms with Crippen LogP contribution < -0.4 is 14.8 Å². The van der Waals surface area contributed by atoms with Crippen molar-refractivity contribution in [1.82, 2.24) is 5.32 Å². The monoisotopic (exact) mass is 333 g/mol. The van der Waals surface area contributed by atoms with Crippen molar-refractivity contribution in [3.8, 4) is 11.5 Å². The predicted molar refractivity (Wildman–Crippen MR) is 101 cm³/mol. The second-order valence-corrected chi connectivity index (χ2v) is 5.84. The number of nitrogens with one attached hydrogen (secondary N) is 1. The summed E-state index contributed by atoms with van der Waals surface area (Å²) in [5, 5.41) is 3.38. The van der Waals surface area contributed by atoms with E-state index in [9.17, 15) is 0 Å². The van der Waals surface area contributed by atoms with Crippen LogP contribution in [0.4, 0.5) is 0 Å². The lowest BCUT2D eigenvalue weighted by molar-refractivity contribution is 0.305. The Balaban J connectivity index is 1.76. The molecule has 3 nitrogen and oxygen atoms in total. The van der Waals surface area contributed by atoms with Gasteiger partial charge in [-0.2, -0.15) is 0 Å². The Hall–Kier alpha value is -2.78. The van der Waals surface area contributed by atoms with Crippen molar-refractivity contribution in [2.75, 3.05) is 14.2 Å². The summed E-state index contributed by atoms with van der Waals surface area (Å²) in [6, 6.07) is 26.6. The van der Waals surface area contributed by atoms with E-state index in [1.165, 1.54) is 11.1 Å². The maximum Gasteiger partial charge on any atom is 0.120 e. The SMILES string of the molecule is CNC(c1ccc(OC)cc1)c1cccc(OCc2ccccc2)c1. The van der Waals surface area contributed by atoms with Crippen molar-refractivity contribution in [1.29, 1.82) is 0 Å². The van der Waals surface area contributed by atoms with Crippen molar-refractivity contribution >= 4 is 0 Å². The van der Waals surface area contributed by atoms with Gasteiger partial charge in [0.15, 0.2) is 0 Å². The molecule has 3 aromatic rings. The van der Waals surface area contributed by atoms with Gasteiger partial charge >= 0.3 is 0 Å². The number of hydrogen-bond donors (Lipinski definition) is 1. The van der Waals surface area contributed by atoms with Gasteiger partial charge in [-0.1, -0.05) is 54.6 Å². The molecule has 0 fully saturated rings. The Labute approximate surface area is 149 Å². The topological polar surface area (TPSA) is 30.5 Å². The number of rotatable bonds is 7. The second-order valence-electron chi connectivity index (χ2n) is 5.84. The molecule has 0 aliphatic heterocycles. The molecule has 128 valence electrons. The molecule has 1 unspecified atom stereocenters. The normalized spacial score (nSPS) is 11.8. The van der Waals surface area contributed by atoms with Gasteiger partial charge in [-0.05, 0) is 48.0 Å². The third-order valence-electron chi connectivity index (χ3n) is 4.18. The van der Waals surface area contributed by atoms with Crippen molar-refractivity contribution in [2.24, 2.45) is 0 Å². The second kappa shape index (κ2) is 8.36. The number of ether oxygens (including phenoxy) is 2. The summed E-state index contributed by atoms with van der Waals surface area (Å²) in [7, 11) is 3.64. The molecule has 0 spiro atoms. The summed E-state index contributed by atoms with van der Waals surface area (Å²) in [6.07, 6.45) is 0. The molecule has 25 heavy (non-hydrogen) atoms. The molecular weight excluding hydrogens is 310 g/mol. The van der Waals surface area contributed by atoms with E-state index >= 15 is 0 Å². The minimum absolute atomic E-state index is 0.103. The Morgan fingerprint density at radius 2 is 1.56 bits per heavy atom. The third kappa shape index (κ3) is 4.40. The molecule has 1 atom stereocenters. The molecule has 0 saturated carbocycles. The highest BCUT2D eigenvalue weighted by molar-refractivity contribution is 5.38. The van der Waals surface area contributed by atoms with Gasteiger partial charge in [-0.3, -0.25) is 0 Å². The molecule has 0 saturated heterocycles. The first-order valence-electron chi connectivity index (χ1n) is 8.38. The average molecular weight is 333 g/mol. The first-order chi connectivity index (χ1) is 12.3. The number of benzene rings is 3. The van der Waals surface area contributed by atoms with Gasteiger partial charge in [0.1, 0.15) is 18.1 Å². The Morgan fingerprint density at radius 1 is 0.800 bits per heavy atom. The van der Waals surface area contributed by atoms with Crippen LogP contribution in [0, 0.1) is 0 Å². The average Bonchev–Trinajstić information content (AvgIpc) is 2.69. The zero-order valence-electron chi connectivity index (χ0n) is 14.6. The fourth-order valence-corrected chi connectivity index (χ4v) is 2.85. The third-order valence-corrected chi connectivity index (χ3v) is 4.18. The zero-order valence-corrected chi connectivity index (χ0v) is 14.6. The molecule has 0 aliphatic carbocycles. The summed E-state index contributed by atoms with van der Waals surface area (Å²) >= 11 is 0. The van der Waals surface area contributed by atoms with E-state index in [-0.39, 0.29) is 6.04 Å². The first kappa shape index (κ1) is 17.1. The molecule has 0 aliphatic rings. The molecule has 3 aromatic carbocycles. The van der Waals surface area contributed by atoms with Crippen molar-refractivity contribution in [3.05, 3.63) is 95.6 Å². The van der Waals surface area contributed by atoms with Crippen LogP contribution in [0.3, 0.4) is 0 Å². The maximum absolute atomic E-state index is 5.95. The van der Waals surface area contributed by atoms with Gasteiger partial charge in [0.2, 0.25) is 0 Å². The quantitative estimate of drug-likeness (QED) is 0.686. The van der Waals surface area contributed by atoms with Gasteiger partial charge in [-0.15, -0.1) is 0 Å². The van der Waals surface area contributed by atoms with Gasteiger partial charge < -0.3 is 14.8 Å². The van der Waals surface area contributed by atoms with E-state index in [0.717, 1.165) is 17.1 Å². The standard InChI is InChI=1S/C22H23NO2/c1-23-22(18-11-13-20(24-2)14-12-18)19-9-6-10-21(15-19)25-16-17-7-4-3-5-8-17/h3-15,22-23H,16H2,1-2H3. The summed E-state index contributed by atoms with van der Waals surface area (Å²) in [5.41, 5.74) is 3.51. The maximum atomic E-state index is 5.95. The van der Waals surface area contributed by atoms with Crippen LogP contribution in [0.5, 0.6) is 11.5 Å². The lowest BCUT2D eigenvalue weighted by atomic mass is 9.98. The fourth-order valence-electron chi connectivity index (χ4n) is 2.85. The van der Waals surface area contributed by atoms with E-state index < -0.39 is 0 Å². The molecule has 0 radical (unpaired) electrons. The van der Waals surface area contributed by atoms with E-state index in [1.807, 2.05) is 49.5 Å². The zero-order chi connectivity index (χ0) is 17.5. The molecule has 3 rings (SSSR count). The van der Waals surface area contributed by atoms with Crippen molar-refractivity contribution in [2.45, 2.75) is 12.6 Å². The molecule has 0 aromatic heterocycles. The summed E-state index contributed by atoms with van der Waals surface area (Å²) < 4.78 is 11.2. The van der Waals surface area contributed by atoms with Crippen LogP contribution in [0.25, 0.3) is 0 Å². The van der Waals surface area contributed by atoms with E-state index in [4.69, 9.17) is 9.47 Å². The van der Waals surface area contributed by atoms with Crippen LogP contribution in [0.2, 0.25) is 0 Å². The van der Waals surface area contributed by atoms with Crippen LogP contribution in [0.1, 0.15) is 22.7 Å². The van der Waals surface area contributed by atoms with Gasteiger partial charge in [0.25, 0.3) is 0 Å². The molecule has 0 bridgehead atoms. The lowest BCUT2D eigenvalue weighted by Gasteiger charge is -2.18. The Bertz CT molecular complexity index is 785. The predicted octanol–water partition coefficient (Wildman–Crippen LogP) is 4.58. The molecule has 1 N–H and O–H groups in total. The van der Waals surface area contributed by atoms with Crippen molar-refractivity contribution < 1.29 is 9.47 Å². The van der Waals surface area contributed by atoms with Crippen LogP contribution in [-0.4, -0.2) is 14.2 Å². The highest BCUT2D eigenvalue weighted by Gasteiger charge is 2.13. The summed E-state index contributed by atoms with van der Waals surface area (Å²) in [4.78, 5) is 0.